The highest BCUT2D eigenvalue weighted by Crippen LogP contribution is 2.25. The molecule has 28 heavy (non-hydrogen) atoms. The number of para-hydroxylation sites is 1. The quantitative estimate of drug-likeness (QED) is 0.453. The fraction of sp³-hybridized carbons (Fsp3) is 0.0909. The number of nitrogens with zero attached hydrogens (tertiary/aromatic N) is 1. The molecule has 6 heteroatoms. The summed E-state index contributed by atoms with van der Waals surface area (Å²) < 4.78 is 5.45. The highest BCUT2D eigenvalue weighted by atomic mass is 35.5. The summed E-state index contributed by atoms with van der Waals surface area (Å²) in [6.45, 7) is 0.451. The van der Waals surface area contributed by atoms with Crippen LogP contribution in [0.15, 0.2) is 71.3 Å². The largest absolute Gasteiger partial charge is 0.463 e. The fourth-order valence-corrected chi connectivity index (χ4v) is 3.55. The van der Waals surface area contributed by atoms with E-state index in [-0.39, 0.29) is 5.91 Å². The minimum Gasteiger partial charge on any atom is -0.463 e. The molecule has 4 aromatic rings. The lowest BCUT2D eigenvalue weighted by Gasteiger charge is -2.10. The van der Waals surface area contributed by atoms with Crippen LogP contribution in [0.3, 0.4) is 0 Å². The van der Waals surface area contributed by atoms with Crippen molar-refractivity contribution < 1.29 is 9.21 Å². The SMILES string of the molecule is O=C(NCCc1ccc(Cl)cc1Cl)c1cc(-c2ccco2)nc2ccccc12. The van der Waals surface area contributed by atoms with Crippen molar-refractivity contribution in [3.05, 3.63) is 88.1 Å². The van der Waals surface area contributed by atoms with Crippen LogP contribution in [0.5, 0.6) is 0 Å². The van der Waals surface area contributed by atoms with Crippen LogP contribution in [-0.2, 0) is 6.42 Å². The lowest BCUT2D eigenvalue weighted by Crippen LogP contribution is -2.26. The highest BCUT2D eigenvalue weighted by molar-refractivity contribution is 6.35. The Hall–Kier alpha value is -2.82. The van der Waals surface area contributed by atoms with Crippen molar-refractivity contribution in [2.45, 2.75) is 6.42 Å². The van der Waals surface area contributed by atoms with Gasteiger partial charge < -0.3 is 9.73 Å². The summed E-state index contributed by atoms with van der Waals surface area (Å²) in [6, 6.07) is 18.3. The molecule has 2 aromatic carbocycles. The van der Waals surface area contributed by atoms with Gasteiger partial charge in [0.15, 0.2) is 5.76 Å². The Morgan fingerprint density at radius 1 is 1.04 bits per heavy atom. The number of benzene rings is 2. The Kier molecular flexibility index (Phi) is 5.33. The van der Waals surface area contributed by atoms with E-state index in [1.54, 1.807) is 30.5 Å². The number of nitrogens with one attached hydrogen (secondary N) is 1. The molecule has 0 radical (unpaired) electrons. The average molecular weight is 411 g/mol. The molecular weight excluding hydrogens is 395 g/mol. The smallest absolute Gasteiger partial charge is 0.252 e. The topological polar surface area (TPSA) is 55.1 Å². The van der Waals surface area contributed by atoms with Crippen LogP contribution >= 0.6 is 23.2 Å². The van der Waals surface area contributed by atoms with Crippen LogP contribution in [-0.4, -0.2) is 17.4 Å². The zero-order chi connectivity index (χ0) is 19.5. The molecule has 0 unspecified atom stereocenters. The molecule has 2 aromatic heterocycles. The summed E-state index contributed by atoms with van der Waals surface area (Å²) in [5.74, 6) is 0.448. The van der Waals surface area contributed by atoms with Gasteiger partial charge in [0, 0.05) is 22.0 Å². The second kappa shape index (κ2) is 8.05. The summed E-state index contributed by atoms with van der Waals surface area (Å²) in [5.41, 5.74) is 2.85. The van der Waals surface area contributed by atoms with E-state index in [4.69, 9.17) is 27.6 Å². The van der Waals surface area contributed by atoms with E-state index in [9.17, 15) is 4.79 Å². The Bertz CT molecular complexity index is 1140. The summed E-state index contributed by atoms with van der Waals surface area (Å²) >= 11 is 12.1. The second-order valence-corrected chi connectivity index (χ2v) is 7.13. The van der Waals surface area contributed by atoms with Crippen LogP contribution in [0, 0.1) is 0 Å². The first-order valence-electron chi connectivity index (χ1n) is 8.77. The predicted molar refractivity (Wildman–Crippen MR) is 112 cm³/mol. The minimum atomic E-state index is -0.170. The third kappa shape index (κ3) is 3.88. The van der Waals surface area contributed by atoms with E-state index >= 15 is 0 Å². The normalized spacial score (nSPS) is 10.9. The summed E-state index contributed by atoms with van der Waals surface area (Å²) in [4.78, 5) is 17.5. The van der Waals surface area contributed by atoms with Gasteiger partial charge in [-0.3, -0.25) is 4.79 Å². The van der Waals surface area contributed by atoms with Gasteiger partial charge >= 0.3 is 0 Å². The zero-order valence-corrected chi connectivity index (χ0v) is 16.3. The Labute approximate surface area is 172 Å². The molecule has 0 aliphatic rings. The predicted octanol–water partition coefficient (Wildman–Crippen LogP) is 5.77. The lowest BCUT2D eigenvalue weighted by atomic mass is 10.1. The summed E-state index contributed by atoms with van der Waals surface area (Å²) in [5, 5.41) is 4.94. The van der Waals surface area contributed by atoms with Crippen LogP contribution in [0.4, 0.5) is 0 Å². The van der Waals surface area contributed by atoms with Crippen molar-refractivity contribution in [1.29, 1.82) is 0 Å². The van der Waals surface area contributed by atoms with Crippen molar-refractivity contribution in [3.63, 3.8) is 0 Å². The van der Waals surface area contributed by atoms with Gasteiger partial charge in [-0.2, -0.15) is 0 Å². The maximum atomic E-state index is 12.9. The van der Waals surface area contributed by atoms with Crippen molar-refractivity contribution in [2.75, 3.05) is 6.54 Å². The van der Waals surface area contributed by atoms with Crippen molar-refractivity contribution in [2.24, 2.45) is 0 Å². The summed E-state index contributed by atoms with van der Waals surface area (Å²) in [6.07, 6.45) is 2.19. The van der Waals surface area contributed by atoms with Crippen molar-refractivity contribution in [3.8, 4) is 11.5 Å². The van der Waals surface area contributed by atoms with E-state index < -0.39 is 0 Å². The van der Waals surface area contributed by atoms with Gasteiger partial charge in [-0.15, -0.1) is 0 Å². The molecule has 1 amide bonds. The molecule has 0 atom stereocenters. The number of aromatic nitrogens is 1. The molecule has 140 valence electrons. The maximum Gasteiger partial charge on any atom is 0.252 e. The van der Waals surface area contributed by atoms with Crippen molar-refractivity contribution >= 4 is 40.0 Å². The fourth-order valence-electron chi connectivity index (χ4n) is 3.04. The summed E-state index contributed by atoms with van der Waals surface area (Å²) in [7, 11) is 0. The van der Waals surface area contributed by atoms with Gasteiger partial charge in [0.1, 0.15) is 5.69 Å². The maximum absolute atomic E-state index is 12.9. The molecule has 1 N–H and O–H groups in total. The number of hydrogen-bond donors (Lipinski definition) is 1. The van der Waals surface area contributed by atoms with E-state index in [2.05, 4.69) is 10.3 Å². The number of halogens is 2. The molecule has 0 spiro atoms. The standard InChI is InChI=1S/C22H16Cl2N2O2/c23-15-8-7-14(18(24)12-15)9-10-25-22(27)17-13-20(21-6-3-11-28-21)26-19-5-2-1-4-16(17)19/h1-8,11-13H,9-10H2,(H,25,27). The number of fused-ring (bicyclic) bond motifs is 1. The van der Waals surface area contributed by atoms with Crippen LogP contribution in [0.25, 0.3) is 22.4 Å². The van der Waals surface area contributed by atoms with Gasteiger partial charge in [-0.1, -0.05) is 47.5 Å². The number of amides is 1. The molecule has 4 nitrogen and oxygen atoms in total. The molecule has 0 saturated carbocycles. The van der Waals surface area contributed by atoms with Crippen LogP contribution in [0.1, 0.15) is 15.9 Å². The number of hydrogen-bond acceptors (Lipinski definition) is 3. The third-order valence-electron chi connectivity index (χ3n) is 4.43. The molecule has 0 aliphatic heterocycles. The number of carbonyl (C=O) groups is 1. The van der Waals surface area contributed by atoms with Gasteiger partial charge in [0.2, 0.25) is 0 Å². The van der Waals surface area contributed by atoms with Gasteiger partial charge in [-0.05, 0) is 48.4 Å². The molecular formula is C22H16Cl2N2O2. The Morgan fingerprint density at radius 3 is 2.68 bits per heavy atom. The number of furan rings is 1. The van der Waals surface area contributed by atoms with Gasteiger partial charge in [0.25, 0.3) is 5.91 Å². The monoisotopic (exact) mass is 410 g/mol. The molecule has 0 bridgehead atoms. The van der Waals surface area contributed by atoms with Crippen LogP contribution in [0.2, 0.25) is 10.0 Å². The van der Waals surface area contributed by atoms with E-state index in [1.165, 1.54) is 0 Å². The van der Waals surface area contributed by atoms with Crippen molar-refractivity contribution in [1.82, 2.24) is 10.3 Å². The highest BCUT2D eigenvalue weighted by Gasteiger charge is 2.15. The van der Waals surface area contributed by atoms with Gasteiger partial charge in [0.05, 0.1) is 17.3 Å². The molecule has 0 fully saturated rings. The lowest BCUT2D eigenvalue weighted by molar-refractivity contribution is 0.0956. The number of carbonyl (C=O) groups excluding carboxylic acids is 1. The Morgan fingerprint density at radius 2 is 1.89 bits per heavy atom. The first-order valence-corrected chi connectivity index (χ1v) is 9.53. The molecule has 0 aliphatic carbocycles. The second-order valence-electron chi connectivity index (χ2n) is 6.29. The Balaban J connectivity index is 1.58. The molecule has 4 rings (SSSR count). The third-order valence-corrected chi connectivity index (χ3v) is 5.02. The zero-order valence-electron chi connectivity index (χ0n) is 14.8. The first-order chi connectivity index (χ1) is 13.6. The first kappa shape index (κ1) is 18.5. The molecule has 0 saturated heterocycles. The van der Waals surface area contributed by atoms with Gasteiger partial charge in [-0.25, -0.2) is 4.98 Å². The van der Waals surface area contributed by atoms with E-state index in [1.807, 2.05) is 36.4 Å². The van der Waals surface area contributed by atoms with Crippen LogP contribution < -0.4 is 5.32 Å². The average Bonchev–Trinajstić information content (AvgIpc) is 3.23. The number of pyridine rings is 1. The number of rotatable bonds is 5. The van der Waals surface area contributed by atoms with E-state index in [0.29, 0.717) is 40.0 Å². The van der Waals surface area contributed by atoms with E-state index in [0.717, 1.165) is 16.5 Å². The minimum absolute atomic E-state index is 0.170. The molecule has 2 heterocycles.